The maximum Gasteiger partial charge on any atom is -0.00196 e. The first-order valence-electron chi connectivity index (χ1n) is 8.97. The highest BCUT2D eigenvalue weighted by Crippen LogP contribution is 2.21. The summed E-state index contributed by atoms with van der Waals surface area (Å²) in [6.07, 6.45) is 3.18. The largest absolute Gasteiger partial charge is 0.0622 e. The Kier molecular flexibility index (Phi) is 4.61. The molecule has 0 aliphatic carbocycles. The highest BCUT2D eigenvalue weighted by molar-refractivity contribution is 5.85. The fourth-order valence-electron chi connectivity index (χ4n) is 3.42. The van der Waals surface area contributed by atoms with Gasteiger partial charge >= 0.3 is 0 Å². The molecule has 0 fully saturated rings. The van der Waals surface area contributed by atoms with Crippen LogP contribution in [0.4, 0.5) is 0 Å². The summed E-state index contributed by atoms with van der Waals surface area (Å²) in [6, 6.07) is 35.1. The molecule has 0 nitrogen and oxygen atoms in total. The van der Waals surface area contributed by atoms with Gasteiger partial charge in [0.2, 0.25) is 0 Å². The lowest BCUT2D eigenvalue weighted by Gasteiger charge is -2.08. The van der Waals surface area contributed by atoms with E-state index in [2.05, 4.69) is 97.1 Å². The van der Waals surface area contributed by atoms with E-state index in [0.29, 0.717) is 0 Å². The standard InChI is InChI=1S/C25H22/c1-2-7-20(8-3-1)13-14-21-15-17-22(18-16-21)19-24-11-6-10-23-9-4-5-12-25(23)24/h1-12,15-18H,13-14,19H2. The van der Waals surface area contributed by atoms with Crippen LogP contribution in [0.25, 0.3) is 10.8 Å². The lowest BCUT2D eigenvalue weighted by Crippen LogP contribution is -1.93. The number of rotatable bonds is 5. The zero-order valence-electron chi connectivity index (χ0n) is 14.4. The van der Waals surface area contributed by atoms with E-state index < -0.39 is 0 Å². The Morgan fingerprint density at radius 3 is 1.84 bits per heavy atom. The molecule has 0 spiro atoms. The summed E-state index contributed by atoms with van der Waals surface area (Å²) >= 11 is 0. The molecule has 122 valence electrons. The van der Waals surface area contributed by atoms with Crippen LogP contribution in [0, 0.1) is 0 Å². The average molecular weight is 322 g/mol. The summed E-state index contributed by atoms with van der Waals surface area (Å²) in [5, 5.41) is 2.68. The first-order chi connectivity index (χ1) is 12.4. The summed E-state index contributed by atoms with van der Waals surface area (Å²) in [6.45, 7) is 0. The molecular formula is C25H22. The van der Waals surface area contributed by atoms with Gasteiger partial charge in [-0.25, -0.2) is 0 Å². The summed E-state index contributed by atoms with van der Waals surface area (Å²) in [4.78, 5) is 0. The zero-order valence-corrected chi connectivity index (χ0v) is 14.4. The molecule has 0 unspecified atom stereocenters. The third-order valence-electron chi connectivity index (χ3n) is 4.84. The van der Waals surface area contributed by atoms with E-state index in [1.165, 1.54) is 33.0 Å². The van der Waals surface area contributed by atoms with E-state index in [4.69, 9.17) is 0 Å². The number of benzene rings is 4. The van der Waals surface area contributed by atoms with Gasteiger partial charge in [-0.2, -0.15) is 0 Å². The SMILES string of the molecule is c1ccc(CCc2ccc(Cc3cccc4ccccc34)cc2)cc1. The summed E-state index contributed by atoms with van der Waals surface area (Å²) in [5.41, 5.74) is 5.59. The van der Waals surface area contributed by atoms with Crippen LogP contribution in [0.3, 0.4) is 0 Å². The number of fused-ring (bicyclic) bond motifs is 1. The third-order valence-corrected chi connectivity index (χ3v) is 4.84. The summed E-state index contributed by atoms with van der Waals surface area (Å²) < 4.78 is 0. The van der Waals surface area contributed by atoms with Gasteiger partial charge in [-0.15, -0.1) is 0 Å². The minimum absolute atomic E-state index is 0.986. The Morgan fingerprint density at radius 2 is 1.04 bits per heavy atom. The van der Waals surface area contributed by atoms with Crippen molar-refractivity contribution in [3.63, 3.8) is 0 Å². The Hall–Kier alpha value is -2.86. The normalized spacial score (nSPS) is 10.9. The number of hydrogen-bond donors (Lipinski definition) is 0. The Labute approximate surface area is 149 Å². The van der Waals surface area contributed by atoms with Gasteiger partial charge in [0, 0.05) is 0 Å². The van der Waals surface area contributed by atoms with Crippen molar-refractivity contribution in [1.82, 2.24) is 0 Å². The van der Waals surface area contributed by atoms with Gasteiger partial charge in [0.25, 0.3) is 0 Å². The summed E-state index contributed by atoms with van der Waals surface area (Å²) in [5.74, 6) is 0. The first kappa shape index (κ1) is 15.7. The van der Waals surface area contributed by atoms with Crippen LogP contribution in [0.1, 0.15) is 22.3 Å². The second-order valence-corrected chi connectivity index (χ2v) is 6.62. The molecule has 4 aromatic rings. The molecule has 0 bridgehead atoms. The van der Waals surface area contributed by atoms with Crippen LogP contribution in [0.2, 0.25) is 0 Å². The van der Waals surface area contributed by atoms with Crippen molar-refractivity contribution in [1.29, 1.82) is 0 Å². The predicted octanol–water partition coefficient (Wildman–Crippen LogP) is 6.22. The highest BCUT2D eigenvalue weighted by Gasteiger charge is 2.02. The van der Waals surface area contributed by atoms with E-state index in [0.717, 1.165) is 19.3 Å². The van der Waals surface area contributed by atoms with Crippen molar-refractivity contribution in [3.05, 3.63) is 119 Å². The smallest absolute Gasteiger partial charge is 0.00196 e. The van der Waals surface area contributed by atoms with Crippen molar-refractivity contribution in [3.8, 4) is 0 Å². The van der Waals surface area contributed by atoms with E-state index in [1.807, 2.05) is 0 Å². The Balaban J connectivity index is 1.47. The van der Waals surface area contributed by atoms with Crippen molar-refractivity contribution in [2.75, 3.05) is 0 Å². The van der Waals surface area contributed by atoms with Gasteiger partial charge in [-0.1, -0.05) is 97.1 Å². The lowest BCUT2D eigenvalue weighted by atomic mass is 9.97. The van der Waals surface area contributed by atoms with Crippen molar-refractivity contribution in [2.24, 2.45) is 0 Å². The van der Waals surface area contributed by atoms with E-state index in [9.17, 15) is 0 Å². The van der Waals surface area contributed by atoms with Crippen molar-refractivity contribution < 1.29 is 0 Å². The second-order valence-electron chi connectivity index (χ2n) is 6.62. The fraction of sp³-hybridized carbons (Fsp3) is 0.120. The van der Waals surface area contributed by atoms with Crippen LogP contribution >= 0.6 is 0 Å². The van der Waals surface area contributed by atoms with Crippen LogP contribution in [0.15, 0.2) is 97.1 Å². The first-order valence-corrected chi connectivity index (χ1v) is 8.97. The quantitative estimate of drug-likeness (QED) is 0.409. The molecule has 0 saturated carbocycles. The van der Waals surface area contributed by atoms with Gasteiger partial charge in [0.1, 0.15) is 0 Å². The van der Waals surface area contributed by atoms with Crippen LogP contribution < -0.4 is 0 Å². The second kappa shape index (κ2) is 7.36. The van der Waals surface area contributed by atoms with Crippen molar-refractivity contribution >= 4 is 10.8 Å². The minimum Gasteiger partial charge on any atom is -0.0622 e. The van der Waals surface area contributed by atoms with E-state index >= 15 is 0 Å². The third kappa shape index (κ3) is 3.80. The predicted molar refractivity (Wildman–Crippen MR) is 107 cm³/mol. The van der Waals surface area contributed by atoms with Gasteiger partial charge in [0.15, 0.2) is 0 Å². The highest BCUT2D eigenvalue weighted by atomic mass is 14.1. The molecule has 0 aromatic heterocycles. The molecular weight excluding hydrogens is 300 g/mol. The Morgan fingerprint density at radius 1 is 0.440 bits per heavy atom. The molecule has 4 aromatic carbocycles. The number of hydrogen-bond acceptors (Lipinski definition) is 0. The molecule has 0 N–H and O–H groups in total. The molecule has 0 heterocycles. The molecule has 0 aliphatic rings. The zero-order chi connectivity index (χ0) is 16.9. The van der Waals surface area contributed by atoms with Gasteiger partial charge in [-0.3, -0.25) is 0 Å². The molecule has 0 radical (unpaired) electrons. The Bertz CT molecular complexity index is 945. The fourth-order valence-corrected chi connectivity index (χ4v) is 3.42. The van der Waals surface area contributed by atoms with Crippen molar-refractivity contribution in [2.45, 2.75) is 19.3 Å². The molecule has 0 aliphatic heterocycles. The van der Waals surface area contributed by atoms with Gasteiger partial charge < -0.3 is 0 Å². The van der Waals surface area contributed by atoms with Gasteiger partial charge in [-0.05, 0) is 52.3 Å². The molecule has 4 rings (SSSR count). The topological polar surface area (TPSA) is 0 Å². The summed E-state index contributed by atoms with van der Waals surface area (Å²) in [7, 11) is 0. The lowest BCUT2D eigenvalue weighted by molar-refractivity contribution is 0.958. The molecule has 0 saturated heterocycles. The van der Waals surface area contributed by atoms with E-state index in [-0.39, 0.29) is 0 Å². The van der Waals surface area contributed by atoms with E-state index in [1.54, 1.807) is 0 Å². The maximum atomic E-state index is 2.28. The number of aryl methyl sites for hydroxylation is 2. The van der Waals surface area contributed by atoms with Crippen LogP contribution in [-0.4, -0.2) is 0 Å². The van der Waals surface area contributed by atoms with Gasteiger partial charge in [0.05, 0.1) is 0 Å². The molecule has 25 heavy (non-hydrogen) atoms. The molecule has 0 atom stereocenters. The monoisotopic (exact) mass is 322 g/mol. The molecule has 0 amide bonds. The van der Waals surface area contributed by atoms with Crippen LogP contribution in [0.5, 0.6) is 0 Å². The molecule has 0 heteroatoms. The minimum atomic E-state index is 0.986. The average Bonchev–Trinajstić information content (AvgIpc) is 2.69. The van der Waals surface area contributed by atoms with Crippen LogP contribution in [-0.2, 0) is 19.3 Å². The maximum absolute atomic E-state index is 2.28.